The Kier molecular flexibility index (Phi) is 10.5. The summed E-state index contributed by atoms with van der Waals surface area (Å²) in [6.45, 7) is 8.02. The second-order valence-corrected chi connectivity index (χ2v) is 11.8. The third-order valence-corrected chi connectivity index (χ3v) is 7.58. The van der Waals surface area contributed by atoms with Crippen LogP contribution in [0.4, 0.5) is 0 Å². The van der Waals surface area contributed by atoms with Gasteiger partial charge in [-0.2, -0.15) is 0 Å². The lowest BCUT2D eigenvalue weighted by atomic mass is 10.0. The van der Waals surface area contributed by atoms with Crippen LogP contribution in [0.1, 0.15) is 52.5 Å². The van der Waals surface area contributed by atoms with E-state index in [-0.39, 0.29) is 36.2 Å². The first-order valence-electron chi connectivity index (χ1n) is 12.1. The van der Waals surface area contributed by atoms with Crippen molar-refractivity contribution in [3.63, 3.8) is 0 Å². The van der Waals surface area contributed by atoms with Crippen molar-refractivity contribution in [2.24, 2.45) is 0 Å². The molecular weight excluding hydrogens is 478 g/mol. The molecule has 0 spiro atoms. The Morgan fingerprint density at radius 2 is 1.64 bits per heavy atom. The molecule has 1 atom stereocenters. The summed E-state index contributed by atoms with van der Waals surface area (Å²) in [6.07, 6.45) is 0.897. The van der Waals surface area contributed by atoms with Crippen molar-refractivity contribution >= 4 is 21.8 Å². The molecule has 0 aliphatic carbocycles. The molecule has 0 radical (unpaired) electrons. The van der Waals surface area contributed by atoms with Crippen LogP contribution < -0.4 is 10.1 Å². The summed E-state index contributed by atoms with van der Waals surface area (Å²) in [4.78, 5) is 28.3. The topological polar surface area (TPSA) is 96.0 Å². The van der Waals surface area contributed by atoms with Crippen molar-refractivity contribution in [1.82, 2.24) is 14.5 Å². The second kappa shape index (κ2) is 12.9. The molecule has 0 fully saturated rings. The van der Waals surface area contributed by atoms with Gasteiger partial charge < -0.3 is 15.0 Å². The fraction of sp³-hybridized carbons (Fsp3) is 0.481. The Hall–Kier alpha value is -2.91. The van der Waals surface area contributed by atoms with Gasteiger partial charge in [0.05, 0.1) is 12.0 Å². The van der Waals surface area contributed by atoms with Gasteiger partial charge in [-0.1, -0.05) is 37.3 Å². The zero-order chi connectivity index (χ0) is 26.9. The summed E-state index contributed by atoms with van der Waals surface area (Å²) in [6, 6.07) is 14.9. The highest BCUT2D eigenvalue weighted by Gasteiger charge is 2.30. The number of nitrogens with one attached hydrogen (secondary N) is 1. The van der Waals surface area contributed by atoms with E-state index in [2.05, 4.69) is 5.32 Å². The van der Waals surface area contributed by atoms with Crippen LogP contribution in [-0.2, 0) is 26.2 Å². The van der Waals surface area contributed by atoms with Gasteiger partial charge >= 0.3 is 0 Å². The smallest absolute Gasteiger partial charge is 0.243 e. The number of ether oxygens (including phenoxy) is 1. The van der Waals surface area contributed by atoms with Crippen LogP contribution in [0.5, 0.6) is 5.75 Å². The number of sulfonamides is 1. The maximum Gasteiger partial charge on any atom is 0.243 e. The molecule has 0 bridgehead atoms. The Morgan fingerprint density at radius 1 is 1.03 bits per heavy atom. The minimum atomic E-state index is -3.63. The van der Waals surface area contributed by atoms with Gasteiger partial charge in [0.25, 0.3) is 0 Å². The number of hydrogen-bond acceptors (Lipinski definition) is 5. The third kappa shape index (κ3) is 8.34. The summed E-state index contributed by atoms with van der Waals surface area (Å²) in [5.74, 6) is 0.291. The lowest BCUT2D eigenvalue weighted by Crippen LogP contribution is -2.53. The largest absolute Gasteiger partial charge is 0.497 e. The molecule has 2 rings (SSSR count). The number of methoxy groups -OCH3 is 1. The van der Waals surface area contributed by atoms with E-state index in [1.165, 1.54) is 11.4 Å². The molecule has 0 heterocycles. The fourth-order valence-electron chi connectivity index (χ4n) is 3.79. The molecule has 1 N–H and O–H groups in total. The molecule has 0 saturated carbocycles. The van der Waals surface area contributed by atoms with Crippen LogP contribution in [0, 0.1) is 0 Å². The summed E-state index contributed by atoms with van der Waals surface area (Å²) >= 11 is 0. The summed E-state index contributed by atoms with van der Waals surface area (Å²) in [7, 11) is -0.540. The Morgan fingerprint density at radius 3 is 2.17 bits per heavy atom. The Bertz CT molecular complexity index is 1100. The molecule has 0 aromatic heterocycles. The minimum absolute atomic E-state index is 0.115. The van der Waals surface area contributed by atoms with Crippen LogP contribution in [-0.4, -0.2) is 61.7 Å². The number of hydrogen-bond donors (Lipinski definition) is 1. The fourth-order valence-corrected chi connectivity index (χ4v) is 5.02. The highest BCUT2D eigenvalue weighted by atomic mass is 32.2. The van der Waals surface area contributed by atoms with E-state index >= 15 is 0 Å². The van der Waals surface area contributed by atoms with Crippen molar-refractivity contribution in [1.29, 1.82) is 0 Å². The number of benzene rings is 2. The number of rotatable bonds is 12. The van der Waals surface area contributed by atoms with Gasteiger partial charge in [0, 0.05) is 32.1 Å². The number of carbonyl (C=O) groups is 2. The molecule has 9 heteroatoms. The molecule has 1 unspecified atom stereocenters. The van der Waals surface area contributed by atoms with Gasteiger partial charge in [0.2, 0.25) is 21.8 Å². The van der Waals surface area contributed by atoms with Crippen molar-refractivity contribution in [3.05, 3.63) is 60.2 Å². The summed E-state index contributed by atoms with van der Waals surface area (Å²) in [5.41, 5.74) is 0.434. The van der Waals surface area contributed by atoms with E-state index < -0.39 is 21.6 Å². The molecular formula is C27H39N3O5S. The zero-order valence-corrected chi connectivity index (χ0v) is 23.0. The van der Waals surface area contributed by atoms with Crippen LogP contribution >= 0.6 is 0 Å². The van der Waals surface area contributed by atoms with E-state index in [9.17, 15) is 18.0 Å². The molecule has 36 heavy (non-hydrogen) atoms. The van der Waals surface area contributed by atoms with Gasteiger partial charge in [0.1, 0.15) is 11.8 Å². The Balaban J connectivity index is 2.16. The van der Waals surface area contributed by atoms with E-state index in [4.69, 9.17) is 4.74 Å². The van der Waals surface area contributed by atoms with Gasteiger partial charge in [0.15, 0.2) is 0 Å². The minimum Gasteiger partial charge on any atom is -0.497 e. The Labute approximate surface area is 215 Å². The first-order chi connectivity index (χ1) is 16.9. The van der Waals surface area contributed by atoms with Crippen LogP contribution in [0.2, 0.25) is 0 Å². The maximum atomic E-state index is 13.4. The molecule has 2 amide bonds. The van der Waals surface area contributed by atoms with Gasteiger partial charge in [-0.25, -0.2) is 12.7 Å². The summed E-state index contributed by atoms with van der Waals surface area (Å²) < 4.78 is 32.0. The van der Waals surface area contributed by atoms with Crippen LogP contribution in [0.3, 0.4) is 0 Å². The van der Waals surface area contributed by atoms with Crippen molar-refractivity contribution in [2.75, 3.05) is 20.7 Å². The number of carbonyl (C=O) groups excluding carboxylic acids is 2. The first kappa shape index (κ1) is 29.3. The van der Waals surface area contributed by atoms with Gasteiger partial charge in [-0.15, -0.1) is 0 Å². The molecule has 2 aromatic carbocycles. The molecule has 2 aromatic rings. The maximum absolute atomic E-state index is 13.4. The predicted molar refractivity (Wildman–Crippen MR) is 141 cm³/mol. The highest BCUT2D eigenvalue weighted by Crippen LogP contribution is 2.19. The number of amides is 2. The average Bonchev–Trinajstić information content (AvgIpc) is 2.83. The SMILES string of the molecule is CCC(C(=O)NC(C)(C)C)N(Cc1ccc(OC)cc1)C(=O)CCCN(C)S(=O)(=O)c1ccccc1. The van der Waals surface area contributed by atoms with Crippen molar-refractivity contribution in [2.45, 2.75) is 70.0 Å². The highest BCUT2D eigenvalue weighted by molar-refractivity contribution is 7.89. The van der Waals surface area contributed by atoms with E-state index in [1.54, 1.807) is 42.3 Å². The molecule has 8 nitrogen and oxygen atoms in total. The first-order valence-corrected chi connectivity index (χ1v) is 13.6. The standard InChI is InChI=1S/C27H39N3O5S/c1-7-24(26(32)28-27(2,3)4)30(20-21-15-17-22(35-6)18-16-21)25(31)14-11-19-29(5)36(33,34)23-12-9-8-10-13-23/h8-10,12-13,15-18,24H,7,11,14,19-20H2,1-6H3,(H,28,32). The zero-order valence-electron chi connectivity index (χ0n) is 22.2. The molecule has 0 aliphatic rings. The van der Waals surface area contributed by atoms with E-state index in [0.717, 1.165) is 5.56 Å². The van der Waals surface area contributed by atoms with Gasteiger partial charge in [-0.3, -0.25) is 9.59 Å². The van der Waals surface area contributed by atoms with Crippen LogP contribution in [0.15, 0.2) is 59.5 Å². The van der Waals surface area contributed by atoms with E-state index in [0.29, 0.717) is 18.6 Å². The quantitative estimate of drug-likeness (QED) is 0.462. The molecule has 198 valence electrons. The average molecular weight is 518 g/mol. The van der Waals surface area contributed by atoms with E-state index in [1.807, 2.05) is 52.0 Å². The third-order valence-electron chi connectivity index (χ3n) is 5.71. The monoisotopic (exact) mass is 517 g/mol. The van der Waals surface area contributed by atoms with Crippen molar-refractivity contribution < 1.29 is 22.7 Å². The van der Waals surface area contributed by atoms with Gasteiger partial charge in [-0.05, 0) is 63.4 Å². The van der Waals surface area contributed by atoms with Crippen molar-refractivity contribution in [3.8, 4) is 5.75 Å². The lowest BCUT2D eigenvalue weighted by Gasteiger charge is -2.33. The summed E-state index contributed by atoms with van der Waals surface area (Å²) in [5, 5.41) is 2.98. The second-order valence-electron chi connectivity index (χ2n) is 9.78. The molecule has 0 saturated heterocycles. The normalized spacial score (nSPS) is 12.8. The van der Waals surface area contributed by atoms with Crippen LogP contribution in [0.25, 0.3) is 0 Å². The number of nitrogens with zero attached hydrogens (tertiary/aromatic N) is 2. The molecule has 0 aliphatic heterocycles. The predicted octanol–water partition coefficient (Wildman–Crippen LogP) is 3.82. The lowest BCUT2D eigenvalue weighted by molar-refractivity contribution is -0.142.